The molecule has 0 saturated heterocycles. The number of carbonyl (C=O) groups is 2. The Morgan fingerprint density at radius 3 is 1.58 bits per heavy atom. The number of unbranched alkanes of at least 4 members (excludes halogenated alkanes) is 1. The summed E-state index contributed by atoms with van der Waals surface area (Å²) in [4.78, 5) is 23.1. The number of methoxy groups -OCH3 is 1. The van der Waals surface area contributed by atoms with Gasteiger partial charge in [-0.1, -0.05) is 13.3 Å². The fourth-order valence-corrected chi connectivity index (χ4v) is 2.69. The van der Waals surface area contributed by atoms with Crippen molar-refractivity contribution in [2.24, 2.45) is 0 Å². The number of ether oxygens (including phenoxy) is 1. The highest BCUT2D eigenvalue weighted by Gasteiger charge is 2.37. The third kappa shape index (κ3) is 14.5. The van der Waals surface area contributed by atoms with E-state index in [1.807, 2.05) is 0 Å². The van der Waals surface area contributed by atoms with Gasteiger partial charge in [0.15, 0.2) is 11.9 Å². The SMILES string of the molecule is CCCCNCCNCCNCCNCCCC(=O)[C@H](O)[C@@H](O)[C@H](O)[C@H](O)C(=O)OC. The van der Waals surface area contributed by atoms with E-state index in [2.05, 4.69) is 32.9 Å². The van der Waals surface area contributed by atoms with Gasteiger partial charge in [-0.3, -0.25) is 4.79 Å². The molecule has 11 nitrogen and oxygen atoms in total. The first kappa shape index (κ1) is 29.8. The van der Waals surface area contributed by atoms with Crippen LogP contribution in [0.15, 0.2) is 0 Å². The maximum absolute atomic E-state index is 11.9. The Morgan fingerprint density at radius 2 is 1.13 bits per heavy atom. The van der Waals surface area contributed by atoms with Crippen LogP contribution in [0.2, 0.25) is 0 Å². The van der Waals surface area contributed by atoms with E-state index in [0.717, 1.165) is 52.9 Å². The van der Waals surface area contributed by atoms with Crippen molar-refractivity contribution in [2.45, 2.75) is 57.0 Å². The Kier molecular flexibility index (Phi) is 18.8. The zero-order chi connectivity index (χ0) is 23.5. The van der Waals surface area contributed by atoms with Crippen LogP contribution in [0.25, 0.3) is 0 Å². The Bertz CT molecular complexity index is 471. The zero-order valence-electron chi connectivity index (χ0n) is 18.8. The lowest BCUT2D eigenvalue weighted by Crippen LogP contribution is -2.50. The van der Waals surface area contributed by atoms with E-state index >= 15 is 0 Å². The standard InChI is InChI=1S/C20H42N4O7/c1-3-4-7-21-9-11-23-13-14-24-12-10-22-8-5-6-15(25)16(26)17(27)18(28)19(29)20(30)31-2/h16-19,21-24,26-29H,3-14H2,1-2H3/t16-,17+,18-,19-/m0/s1. The van der Waals surface area contributed by atoms with Crippen LogP contribution in [-0.4, -0.2) is 116 Å². The predicted octanol–water partition coefficient (Wildman–Crippen LogP) is -2.89. The third-order valence-electron chi connectivity index (χ3n) is 4.69. The number of hydrogen-bond acceptors (Lipinski definition) is 11. The number of ketones is 1. The van der Waals surface area contributed by atoms with Crippen molar-refractivity contribution >= 4 is 11.8 Å². The second-order valence-corrected chi connectivity index (χ2v) is 7.32. The number of hydrogen-bond donors (Lipinski definition) is 8. The molecule has 0 radical (unpaired) electrons. The van der Waals surface area contributed by atoms with Gasteiger partial charge in [-0.25, -0.2) is 4.79 Å². The molecular formula is C20H42N4O7. The van der Waals surface area contributed by atoms with Crippen LogP contribution in [-0.2, 0) is 14.3 Å². The van der Waals surface area contributed by atoms with Gasteiger partial charge in [0.25, 0.3) is 0 Å². The molecule has 31 heavy (non-hydrogen) atoms. The first-order valence-corrected chi connectivity index (χ1v) is 11.0. The van der Waals surface area contributed by atoms with E-state index in [1.54, 1.807) is 0 Å². The van der Waals surface area contributed by atoms with Crippen molar-refractivity contribution in [3.8, 4) is 0 Å². The first-order chi connectivity index (χ1) is 14.9. The molecule has 11 heteroatoms. The molecule has 0 aliphatic carbocycles. The van der Waals surface area contributed by atoms with Gasteiger partial charge < -0.3 is 46.4 Å². The van der Waals surface area contributed by atoms with Crippen LogP contribution >= 0.6 is 0 Å². The maximum Gasteiger partial charge on any atom is 0.337 e. The number of aliphatic hydroxyl groups excluding tert-OH is 4. The van der Waals surface area contributed by atoms with Crippen molar-refractivity contribution in [2.75, 3.05) is 59.5 Å². The van der Waals surface area contributed by atoms with Crippen molar-refractivity contribution in [3.63, 3.8) is 0 Å². The van der Waals surface area contributed by atoms with Gasteiger partial charge in [0.05, 0.1) is 7.11 Å². The average Bonchev–Trinajstić information content (AvgIpc) is 2.78. The van der Waals surface area contributed by atoms with E-state index in [9.17, 15) is 30.0 Å². The molecular weight excluding hydrogens is 408 g/mol. The molecule has 0 bridgehead atoms. The van der Waals surface area contributed by atoms with Gasteiger partial charge in [-0.15, -0.1) is 0 Å². The van der Waals surface area contributed by atoms with E-state index < -0.39 is 36.2 Å². The van der Waals surface area contributed by atoms with Crippen LogP contribution in [0.3, 0.4) is 0 Å². The summed E-state index contributed by atoms with van der Waals surface area (Å²) in [7, 11) is 1.000. The lowest BCUT2D eigenvalue weighted by atomic mass is 9.98. The minimum Gasteiger partial charge on any atom is -0.467 e. The number of esters is 1. The molecule has 0 unspecified atom stereocenters. The molecule has 0 fully saturated rings. The minimum absolute atomic E-state index is 0.0180. The Labute approximate surface area is 184 Å². The molecule has 0 saturated carbocycles. The smallest absolute Gasteiger partial charge is 0.337 e. The van der Waals surface area contributed by atoms with Crippen LogP contribution < -0.4 is 21.3 Å². The van der Waals surface area contributed by atoms with Crippen molar-refractivity contribution < 1.29 is 34.8 Å². The Balaban J connectivity index is 3.65. The van der Waals surface area contributed by atoms with Gasteiger partial charge in [-0.2, -0.15) is 0 Å². The van der Waals surface area contributed by atoms with E-state index in [-0.39, 0.29) is 6.42 Å². The Hall–Kier alpha value is -1.18. The van der Waals surface area contributed by atoms with Crippen LogP contribution in [0.1, 0.15) is 32.6 Å². The fourth-order valence-electron chi connectivity index (χ4n) is 2.69. The van der Waals surface area contributed by atoms with Crippen molar-refractivity contribution in [1.29, 1.82) is 0 Å². The van der Waals surface area contributed by atoms with Crippen LogP contribution in [0.5, 0.6) is 0 Å². The largest absolute Gasteiger partial charge is 0.467 e. The Morgan fingerprint density at radius 1 is 0.710 bits per heavy atom. The van der Waals surface area contributed by atoms with Gasteiger partial charge >= 0.3 is 5.97 Å². The van der Waals surface area contributed by atoms with E-state index in [1.165, 1.54) is 12.8 Å². The number of carbonyl (C=O) groups excluding carboxylic acids is 2. The summed E-state index contributed by atoms with van der Waals surface area (Å²) >= 11 is 0. The summed E-state index contributed by atoms with van der Waals surface area (Å²) in [5.41, 5.74) is 0. The van der Waals surface area contributed by atoms with Crippen LogP contribution in [0, 0.1) is 0 Å². The minimum atomic E-state index is -2.05. The molecule has 0 amide bonds. The molecule has 0 aromatic carbocycles. The zero-order valence-corrected chi connectivity index (χ0v) is 18.8. The third-order valence-corrected chi connectivity index (χ3v) is 4.69. The fraction of sp³-hybridized carbons (Fsp3) is 0.900. The summed E-state index contributed by atoms with van der Waals surface area (Å²) < 4.78 is 4.24. The molecule has 0 aromatic heterocycles. The monoisotopic (exact) mass is 450 g/mol. The number of rotatable bonds is 21. The molecule has 184 valence electrons. The summed E-state index contributed by atoms with van der Waals surface area (Å²) in [6.07, 6.45) is -5.13. The molecule has 0 spiro atoms. The summed E-state index contributed by atoms with van der Waals surface area (Å²) in [5, 5.41) is 51.9. The predicted molar refractivity (Wildman–Crippen MR) is 117 cm³/mol. The topological polar surface area (TPSA) is 172 Å². The van der Waals surface area contributed by atoms with Crippen molar-refractivity contribution in [3.05, 3.63) is 0 Å². The maximum atomic E-state index is 11.9. The summed E-state index contributed by atoms with van der Waals surface area (Å²) in [6, 6.07) is 0. The van der Waals surface area contributed by atoms with Gasteiger partial charge in [0, 0.05) is 45.7 Å². The molecule has 8 N–H and O–H groups in total. The second kappa shape index (κ2) is 19.5. The molecule has 0 aliphatic rings. The van der Waals surface area contributed by atoms with E-state index in [4.69, 9.17) is 0 Å². The van der Waals surface area contributed by atoms with Crippen LogP contribution in [0.4, 0.5) is 0 Å². The van der Waals surface area contributed by atoms with E-state index in [0.29, 0.717) is 13.0 Å². The highest BCUT2D eigenvalue weighted by molar-refractivity contribution is 5.83. The quantitative estimate of drug-likeness (QED) is 0.0666. The van der Waals surface area contributed by atoms with Gasteiger partial charge in [0.2, 0.25) is 0 Å². The highest BCUT2D eigenvalue weighted by Crippen LogP contribution is 2.09. The normalized spacial score (nSPS) is 15.3. The molecule has 0 aromatic rings. The number of nitrogens with one attached hydrogen (secondary N) is 4. The summed E-state index contributed by atoms with van der Waals surface area (Å²) in [5.74, 6) is -1.85. The highest BCUT2D eigenvalue weighted by atomic mass is 16.5. The lowest BCUT2D eigenvalue weighted by Gasteiger charge is -2.24. The lowest BCUT2D eigenvalue weighted by molar-refractivity contribution is -0.168. The van der Waals surface area contributed by atoms with Gasteiger partial charge in [0.1, 0.15) is 18.3 Å². The molecule has 0 aliphatic heterocycles. The second-order valence-electron chi connectivity index (χ2n) is 7.32. The number of Topliss-reactive ketones (excluding diaryl/α,β-unsaturated/α-hetero) is 1. The average molecular weight is 451 g/mol. The molecule has 4 atom stereocenters. The summed E-state index contributed by atoms with van der Waals surface area (Å²) in [6.45, 7) is 8.95. The molecule has 0 heterocycles. The number of aliphatic hydroxyl groups is 4. The van der Waals surface area contributed by atoms with Crippen molar-refractivity contribution in [1.82, 2.24) is 21.3 Å². The van der Waals surface area contributed by atoms with Gasteiger partial charge in [-0.05, 0) is 25.9 Å². The molecule has 0 rings (SSSR count). The first-order valence-electron chi connectivity index (χ1n) is 11.0.